The molecule has 156 valence electrons. The Morgan fingerprint density at radius 2 is 1.87 bits per heavy atom. The minimum Gasteiger partial charge on any atom is -0.354 e. The fourth-order valence-electron chi connectivity index (χ4n) is 4.57. The zero-order chi connectivity index (χ0) is 20.9. The van der Waals surface area contributed by atoms with Gasteiger partial charge in [0.25, 0.3) is 5.91 Å². The number of benzene rings is 2. The number of rotatable bonds is 6. The number of aromatic nitrogens is 1. The summed E-state index contributed by atoms with van der Waals surface area (Å²) in [6, 6.07) is 20.7. The average molecular weight is 402 g/mol. The first-order valence-corrected chi connectivity index (χ1v) is 11.2. The molecule has 2 aromatic carbocycles. The summed E-state index contributed by atoms with van der Waals surface area (Å²) in [5.41, 5.74) is 2.73. The molecule has 30 heavy (non-hydrogen) atoms. The van der Waals surface area contributed by atoms with Gasteiger partial charge in [-0.1, -0.05) is 62.4 Å². The van der Waals surface area contributed by atoms with E-state index in [2.05, 4.69) is 36.2 Å². The molecular weight excluding hydrogens is 370 g/mol. The summed E-state index contributed by atoms with van der Waals surface area (Å²) in [6.45, 7) is 5.35. The van der Waals surface area contributed by atoms with Crippen molar-refractivity contribution in [1.82, 2.24) is 10.3 Å². The number of hydrogen-bond acceptors (Lipinski definition) is 3. The molecule has 3 aromatic rings. The Morgan fingerprint density at radius 3 is 2.63 bits per heavy atom. The van der Waals surface area contributed by atoms with Crippen LogP contribution in [0.3, 0.4) is 0 Å². The first-order chi connectivity index (χ1) is 14.7. The second-order valence-corrected chi connectivity index (χ2v) is 8.14. The molecule has 0 aliphatic carbocycles. The fourth-order valence-corrected chi connectivity index (χ4v) is 4.57. The third-order valence-electron chi connectivity index (χ3n) is 6.26. The predicted octanol–water partition coefficient (Wildman–Crippen LogP) is 5.88. The Kier molecular flexibility index (Phi) is 6.32. The van der Waals surface area contributed by atoms with Gasteiger partial charge in [0.05, 0.1) is 17.1 Å². The lowest BCUT2D eigenvalue weighted by Crippen LogP contribution is -2.40. The zero-order valence-corrected chi connectivity index (χ0v) is 18.0. The highest BCUT2D eigenvalue weighted by Crippen LogP contribution is 2.29. The van der Waals surface area contributed by atoms with Gasteiger partial charge in [-0.25, -0.2) is 4.98 Å². The van der Waals surface area contributed by atoms with Crippen LogP contribution in [0.4, 0.5) is 5.82 Å². The molecular formula is C26H31N3O. The summed E-state index contributed by atoms with van der Waals surface area (Å²) in [5, 5.41) is 4.17. The highest BCUT2D eigenvalue weighted by molar-refractivity contribution is 6.07. The number of amides is 1. The number of pyridine rings is 1. The van der Waals surface area contributed by atoms with Crippen molar-refractivity contribution in [2.45, 2.75) is 58.0 Å². The molecule has 0 radical (unpaired) electrons. The van der Waals surface area contributed by atoms with E-state index in [-0.39, 0.29) is 11.9 Å². The molecule has 1 aromatic heterocycles. The SMILES string of the molecule is CCC1CCCCN1c1cc(C(=O)N[C@@H](CC)c2ccccc2)c2ccccc2n1. The predicted molar refractivity (Wildman–Crippen MR) is 124 cm³/mol. The summed E-state index contributed by atoms with van der Waals surface area (Å²) in [6.07, 6.45) is 5.58. The second kappa shape index (κ2) is 9.29. The van der Waals surface area contributed by atoms with E-state index in [4.69, 9.17) is 4.98 Å². The number of anilines is 1. The summed E-state index contributed by atoms with van der Waals surface area (Å²) in [5.74, 6) is 0.897. The van der Waals surface area contributed by atoms with E-state index in [1.54, 1.807) is 0 Å². The van der Waals surface area contributed by atoms with Crippen molar-refractivity contribution in [2.75, 3.05) is 11.4 Å². The van der Waals surface area contributed by atoms with Gasteiger partial charge in [0.1, 0.15) is 5.82 Å². The minimum absolute atomic E-state index is 0.00699. The van der Waals surface area contributed by atoms with Crippen LogP contribution in [-0.4, -0.2) is 23.5 Å². The molecule has 1 N–H and O–H groups in total. The largest absolute Gasteiger partial charge is 0.354 e. The maximum absolute atomic E-state index is 13.4. The Morgan fingerprint density at radius 1 is 1.10 bits per heavy atom. The van der Waals surface area contributed by atoms with Crippen LogP contribution in [0.15, 0.2) is 60.7 Å². The highest BCUT2D eigenvalue weighted by Gasteiger charge is 2.24. The summed E-state index contributed by atoms with van der Waals surface area (Å²) in [7, 11) is 0. The molecule has 0 saturated carbocycles. The van der Waals surface area contributed by atoms with E-state index in [1.165, 1.54) is 19.3 Å². The van der Waals surface area contributed by atoms with Crippen molar-refractivity contribution in [2.24, 2.45) is 0 Å². The number of nitrogens with zero attached hydrogens (tertiary/aromatic N) is 2. The van der Waals surface area contributed by atoms with Gasteiger partial charge in [-0.2, -0.15) is 0 Å². The zero-order valence-electron chi connectivity index (χ0n) is 18.0. The van der Waals surface area contributed by atoms with Gasteiger partial charge in [-0.15, -0.1) is 0 Å². The van der Waals surface area contributed by atoms with Crippen molar-refractivity contribution in [1.29, 1.82) is 0 Å². The maximum Gasteiger partial charge on any atom is 0.252 e. The molecule has 1 saturated heterocycles. The molecule has 1 unspecified atom stereocenters. The van der Waals surface area contributed by atoms with Crippen molar-refractivity contribution < 1.29 is 4.79 Å². The van der Waals surface area contributed by atoms with E-state index in [9.17, 15) is 4.79 Å². The minimum atomic E-state index is -0.0318. The first-order valence-electron chi connectivity index (χ1n) is 11.2. The van der Waals surface area contributed by atoms with Gasteiger partial charge in [-0.05, 0) is 49.8 Å². The van der Waals surface area contributed by atoms with Gasteiger partial charge in [0.2, 0.25) is 0 Å². The van der Waals surface area contributed by atoms with Crippen molar-refractivity contribution in [3.8, 4) is 0 Å². The molecule has 1 amide bonds. The van der Waals surface area contributed by atoms with Crippen LogP contribution in [0.2, 0.25) is 0 Å². The molecule has 0 spiro atoms. The molecule has 4 rings (SSSR count). The van der Waals surface area contributed by atoms with E-state index in [1.807, 2.05) is 48.5 Å². The Bertz CT molecular complexity index is 1000. The van der Waals surface area contributed by atoms with Crippen molar-refractivity contribution in [3.63, 3.8) is 0 Å². The van der Waals surface area contributed by atoms with Crippen LogP contribution in [0.25, 0.3) is 10.9 Å². The molecule has 4 nitrogen and oxygen atoms in total. The van der Waals surface area contributed by atoms with Crippen LogP contribution < -0.4 is 10.2 Å². The number of fused-ring (bicyclic) bond motifs is 1. The van der Waals surface area contributed by atoms with E-state index < -0.39 is 0 Å². The standard InChI is InChI=1S/C26H31N3O/c1-3-20-14-10-11-17-29(20)25-18-22(21-15-8-9-16-24(21)27-25)26(30)28-23(4-2)19-12-6-5-7-13-19/h5-9,12-13,15-16,18,20,23H,3-4,10-11,14,17H2,1-2H3,(H,28,30)/t20?,23-/m0/s1. The third kappa shape index (κ3) is 4.18. The fraction of sp³-hybridized carbons (Fsp3) is 0.385. The Balaban J connectivity index is 1.71. The number of nitrogens with one attached hydrogen (secondary N) is 1. The molecule has 0 bridgehead atoms. The van der Waals surface area contributed by atoms with E-state index in [0.717, 1.165) is 41.7 Å². The van der Waals surface area contributed by atoms with Crippen molar-refractivity contribution in [3.05, 3.63) is 71.8 Å². The lowest BCUT2D eigenvalue weighted by molar-refractivity contribution is 0.0937. The van der Waals surface area contributed by atoms with Crippen LogP contribution in [0, 0.1) is 0 Å². The van der Waals surface area contributed by atoms with Gasteiger partial charge >= 0.3 is 0 Å². The van der Waals surface area contributed by atoms with Crippen LogP contribution in [0.1, 0.15) is 67.9 Å². The number of para-hydroxylation sites is 1. The third-order valence-corrected chi connectivity index (χ3v) is 6.26. The molecule has 2 heterocycles. The lowest BCUT2D eigenvalue weighted by atomic mass is 9.99. The van der Waals surface area contributed by atoms with Gasteiger partial charge in [-0.3, -0.25) is 4.79 Å². The number of carbonyl (C=O) groups excluding carboxylic acids is 1. The monoisotopic (exact) mass is 401 g/mol. The average Bonchev–Trinajstić information content (AvgIpc) is 2.82. The molecule has 1 fully saturated rings. The lowest BCUT2D eigenvalue weighted by Gasteiger charge is -2.36. The molecule has 1 aliphatic heterocycles. The highest BCUT2D eigenvalue weighted by atomic mass is 16.1. The topological polar surface area (TPSA) is 45.2 Å². The normalized spacial score (nSPS) is 17.7. The smallest absolute Gasteiger partial charge is 0.252 e. The van der Waals surface area contributed by atoms with Gasteiger partial charge < -0.3 is 10.2 Å². The molecule has 4 heteroatoms. The van der Waals surface area contributed by atoms with Crippen molar-refractivity contribution >= 4 is 22.6 Å². The Hall–Kier alpha value is -2.88. The Labute approximate surface area is 179 Å². The number of hydrogen-bond donors (Lipinski definition) is 1. The van der Waals surface area contributed by atoms with Crippen LogP contribution >= 0.6 is 0 Å². The van der Waals surface area contributed by atoms with E-state index in [0.29, 0.717) is 11.6 Å². The first kappa shape index (κ1) is 20.4. The number of carbonyl (C=O) groups is 1. The maximum atomic E-state index is 13.4. The van der Waals surface area contributed by atoms with Crippen LogP contribution in [0.5, 0.6) is 0 Å². The summed E-state index contributed by atoms with van der Waals surface area (Å²) >= 11 is 0. The quantitative estimate of drug-likeness (QED) is 0.560. The van der Waals surface area contributed by atoms with Gasteiger partial charge in [0.15, 0.2) is 0 Å². The number of piperidine rings is 1. The summed E-state index contributed by atoms with van der Waals surface area (Å²) < 4.78 is 0. The molecule has 2 atom stereocenters. The van der Waals surface area contributed by atoms with Gasteiger partial charge in [0, 0.05) is 18.0 Å². The summed E-state index contributed by atoms with van der Waals surface area (Å²) in [4.78, 5) is 20.8. The van der Waals surface area contributed by atoms with Crippen LogP contribution in [-0.2, 0) is 0 Å². The second-order valence-electron chi connectivity index (χ2n) is 8.14. The molecule has 1 aliphatic rings. The van der Waals surface area contributed by atoms with E-state index >= 15 is 0 Å².